The summed E-state index contributed by atoms with van der Waals surface area (Å²) in [4.78, 5) is 29.1. The fourth-order valence-electron chi connectivity index (χ4n) is 3.18. The summed E-state index contributed by atoms with van der Waals surface area (Å²) >= 11 is 1.47. The van der Waals surface area contributed by atoms with Crippen molar-refractivity contribution in [2.45, 2.75) is 42.4 Å². The molecule has 2 amide bonds. The van der Waals surface area contributed by atoms with E-state index in [4.69, 9.17) is 4.42 Å². The number of aromatic nitrogens is 1. The summed E-state index contributed by atoms with van der Waals surface area (Å²) in [6, 6.07) is 14.4. The van der Waals surface area contributed by atoms with Gasteiger partial charge in [-0.15, -0.1) is 0 Å². The Morgan fingerprint density at radius 2 is 1.63 bits per heavy atom. The fourth-order valence-corrected chi connectivity index (χ4v) is 5.56. The zero-order chi connectivity index (χ0) is 25.3. The zero-order valence-electron chi connectivity index (χ0n) is 19.6. The molecule has 2 heterocycles. The highest BCUT2D eigenvalue weighted by atomic mass is 32.2. The molecule has 0 radical (unpaired) electrons. The maximum Gasteiger partial charge on any atom is 0.305 e. The van der Waals surface area contributed by atoms with E-state index in [-0.39, 0.29) is 16.2 Å². The minimum absolute atomic E-state index is 0.0512. The second kappa shape index (κ2) is 12.5. The van der Waals surface area contributed by atoms with Crippen LogP contribution >= 0.6 is 11.8 Å². The van der Waals surface area contributed by atoms with Gasteiger partial charge in [-0.3, -0.25) is 20.4 Å². The van der Waals surface area contributed by atoms with Crippen molar-refractivity contribution in [2.24, 2.45) is 0 Å². The number of rotatable bonds is 11. The van der Waals surface area contributed by atoms with Gasteiger partial charge in [-0.25, -0.2) is 13.4 Å². The third kappa shape index (κ3) is 7.17. The van der Waals surface area contributed by atoms with Crippen LogP contribution in [0.2, 0.25) is 0 Å². The van der Waals surface area contributed by atoms with Crippen molar-refractivity contribution < 1.29 is 22.4 Å². The molecule has 11 heteroatoms. The van der Waals surface area contributed by atoms with Gasteiger partial charge in [0, 0.05) is 24.8 Å². The van der Waals surface area contributed by atoms with Crippen molar-refractivity contribution in [2.75, 3.05) is 13.1 Å². The van der Waals surface area contributed by atoms with Crippen molar-refractivity contribution in [3.8, 4) is 0 Å². The number of carbonyl (C=O) groups excluding carboxylic acids is 2. The molecule has 2 aromatic heterocycles. The lowest BCUT2D eigenvalue weighted by Gasteiger charge is -2.21. The molecule has 0 bridgehead atoms. The van der Waals surface area contributed by atoms with Gasteiger partial charge in [-0.05, 0) is 61.4 Å². The molecule has 3 aromatic rings. The number of sulfonamides is 1. The zero-order valence-corrected chi connectivity index (χ0v) is 21.2. The highest BCUT2D eigenvalue weighted by Crippen LogP contribution is 2.22. The third-order valence-corrected chi connectivity index (χ3v) is 7.75. The standard InChI is InChI=1S/C24H28N4O5S2/c1-3-15-28(16-4-2)35(31,32)20-11-8-18(9-12-20)23(29)26-27-24(30)21-13-10-19(33-21)17-34-22-7-5-6-14-25-22/h5-14H,3-4,15-17H2,1-2H3,(H,26,29)(H,27,30). The van der Waals surface area contributed by atoms with Crippen molar-refractivity contribution in [1.29, 1.82) is 0 Å². The molecular weight excluding hydrogens is 488 g/mol. The molecule has 0 spiro atoms. The van der Waals surface area contributed by atoms with Gasteiger partial charge in [-0.1, -0.05) is 31.7 Å². The molecule has 2 N–H and O–H groups in total. The normalized spacial score (nSPS) is 11.4. The van der Waals surface area contributed by atoms with Gasteiger partial charge in [0.1, 0.15) is 5.76 Å². The second-order valence-electron chi connectivity index (χ2n) is 7.56. The van der Waals surface area contributed by atoms with E-state index in [1.165, 1.54) is 46.4 Å². The molecule has 0 unspecified atom stereocenters. The van der Waals surface area contributed by atoms with Crippen LogP contribution in [-0.4, -0.2) is 42.6 Å². The van der Waals surface area contributed by atoms with Crippen molar-refractivity contribution in [3.63, 3.8) is 0 Å². The Bertz CT molecular complexity index is 1220. The summed E-state index contributed by atoms with van der Waals surface area (Å²) in [5.74, 6) is -0.0515. The molecule has 0 atom stereocenters. The first kappa shape index (κ1) is 26.5. The second-order valence-corrected chi connectivity index (χ2v) is 10.5. The lowest BCUT2D eigenvalue weighted by molar-refractivity contribution is 0.0830. The van der Waals surface area contributed by atoms with E-state index in [2.05, 4.69) is 15.8 Å². The smallest absolute Gasteiger partial charge is 0.305 e. The summed E-state index contributed by atoms with van der Waals surface area (Å²) in [7, 11) is -3.64. The van der Waals surface area contributed by atoms with Crippen molar-refractivity contribution >= 4 is 33.6 Å². The first-order valence-electron chi connectivity index (χ1n) is 11.2. The lowest BCUT2D eigenvalue weighted by atomic mass is 10.2. The number of thioether (sulfide) groups is 1. The van der Waals surface area contributed by atoms with Crippen LogP contribution in [0.5, 0.6) is 0 Å². The number of amides is 2. The first-order valence-corrected chi connectivity index (χ1v) is 13.6. The van der Waals surface area contributed by atoms with Gasteiger partial charge in [-0.2, -0.15) is 4.31 Å². The number of nitrogens with one attached hydrogen (secondary N) is 2. The molecule has 0 fully saturated rings. The summed E-state index contributed by atoms with van der Waals surface area (Å²) in [5.41, 5.74) is 4.82. The van der Waals surface area contributed by atoms with Gasteiger partial charge in [0.15, 0.2) is 5.76 Å². The van der Waals surface area contributed by atoms with Crippen LogP contribution in [0.4, 0.5) is 0 Å². The summed E-state index contributed by atoms with van der Waals surface area (Å²) in [6.07, 6.45) is 3.12. The molecule has 186 valence electrons. The number of hydrazine groups is 1. The Kier molecular flexibility index (Phi) is 9.47. The Balaban J connectivity index is 1.55. The van der Waals surface area contributed by atoms with Gasteiger partial charge in [0.25, 0.3) is 5.91 Å². The van der Waals surface area contributed by atoms with Gasteiger partial charge in [0.05, 0.1) is 15.7 Å². The number of hydrogen-bond acceptors (Lipinski definition) is 7. The Morgan fingerprint density at radius 3 is 2.26 bits per heavy atom. The van der Waals surface area contributed by atoms with Crippen LogP contribution < -0.4 is 10.9 Å². The largest absolute Gasteiger partial charge is 0.455 e. The van der Waals surface area contributed by atoms with E-state index in [1.54, 1.807) is 12.3 Å². The number of hydrogen-bond donors (Lipinski definition) is 2. The van der Waals surface area contributed by atoms with Crippen molar-refractivity contribution in [3.05, 3.63) is 77.9 Å². The minimum Gasteiger partial charge on any atom is -0.455 e. The third-order valence-electron chi connectivity index (χ3n) is 4.88. The lowest BCUT2D eigenvalue weighted by Crippen LogP contribution is -2.41. The van der Waals surface area contributed by atoms with Crippen molar-refractivity contribution in [1.82, 2.24) is 20.1 Å². The average Bonchev–Trinajstić information content (AvgIpc) is 3.35. The molecule has 0 aliphatic rings. The van der Waals surface area contributed by atoms with Crippen LogP contribution in [-0.2, 0) is 15.8 Å². The number of carbonyl (C=O) groups is 2. The molecule has 1 aromatic carbocycles. The van der Waals surface area contributed by atoms with E-state index >= 15 is 0 Å². The number of pyridine rings is 1. The summed E-state index contributed by atoms with van der Waals surface area (Å²) in [5, 5.41) is 0.837. The van der Waals surface area contributed by atoms with E-state index in [0.29, 0.717) is 37.4 Å². The first-order chi connectivity index (χ1) is 16.8. The number of nitrogens with zero attached hydrogens (tertiary/aromatic N) is 2. The van der Waals surface area contributed by atoms with Crippen LogP contribution in [0.15, 0.2) is 75.1 Å². The molecule has 9 nitrogen and oxygen atoms in total. The average molecular weight is 517 g/mol. The van der Waals surface area contributed by atoms with Crippen LogP contribution in [0.1, 0.15) is 53.4 Å². The predicted octanol–water partition coefficient (Wildman–Crippen LogP) is 3.85. The van der Waals surface area contributed by atoms with E-state index in [9.17, 15) is 18.0 Å². The minimum atomic E-state index is -3.64. The summed E-state index contributed by atoms with van der Waals surface area (Å²) < 4.78 is 32.7. The molecule has 0 saturated heterocycles. The molecular formula is C24H28N4O5S2. The topological polar surface area (TPSA) is 122 Å². The van der Waals surface area contributed by atoms with Crippen LogP contribution in [0.3, 0.4) is 0 Å². The Hall–Kier alpha value is -3.15. The van der Waals surface area contributed by atoms with Gasteiger partial charge in [0.2, 0.25) is 10.0 Å². The number of benzene rings is 1. The number of furan rings is 1. The van der Waals surface area contributed by atoms with E-state index in [0.717, 1.165) is 5.03 Å². The fraction of sp³-hybridized carbons (Fsp3) is 0.292. The Labute approximate surface area is 209 Å². The van der Waals surface area contributed by atoms with E-state index < -0.39 is 21.8 Å². The summed E-state index contributed by atoms with van der Waals surface area (Å²) in [6.45, 7) is 4.71. The highest BCUT2D eigenvalue weighted by Gasteiger charge is 2.23. The quantitative estimate of drug-likeness (QED) is 0.293. The maximum absolute atomic E-state index is 12.8. The van der Waals surface area contributed by atoms with Crippen LogP contribution in [0.25, 0.3) is 0 Å². The molecule has 0 aliphatic heterocycles. The highest BCUT2D eigenvalue weighted by molar-refractivity contribution is 7.98. The van der Waals surface area contributed by atoms with Gasteiger partial charge >= 0.3 is 5.91 Å². The van der Waals surface area contributed by atoms with E-state index in [1.807, 2.05) is 32.0 Å². The molecule has 0 saturated carbocycles. The van der Waals surface area contributed by atoms with Gasteiger partial charge < -0.3 is 4.42 Å². The Morgan fingerprint density at radius 1 is 0.943 bits per heavy atom. The molecule has 35 heavy (non-hydrogen) atoms. The molecule has 0 aliphatic carbocycles. The predicted molar refractivity (Wildman–Crippen MR) is 133 cm³/mol. The SMILES string of the molecule is CCCN(CCC)S(=O)(=O)c1ccc(C(=O)NNC(=O)c2ccc(CSc3ccccn3)o2)cc1. The molecule has 3 rings (SSSR count). The van der Waals surface area contributed by atoms with Crippen LogP contribution in [0, 0.1) is 0 Å². The maximum atomic E-state index is 12.8. The monoisotopic (exact) mass is 516 g/mol.